The summed E-state index contributed by atoms with van der Waals surface area (Å²) in [4.78, 5) is 32.3. The molecule has 2 fully saturated rings. The predicted molar refractivity (Wildman–Crippen MR) is 108 cm³/mol. The monoisotopic (exact) mass is 383 g/mol. The molecule has 6 nitrogen and oxygen atoms in total. The summed E-state index contributed by atoms with van der Waals surface area (Å²) in [7, 11) is 0. The number of aromatic nitrogens is 2. The molecule has 0 bridgehead atoms. The van der Waals surface area contributed by atoms with Gasteiger partial charge in [-0.05, 0) is 37.8 Å². The summed E-state index contributed by atoms with van der Waals surface area (Å²) in [5.74, 6) is 1.21. The first-order valence-corrected chi connectivity index (χ1v) is 10.2. The van der Waals surface area contributed by atoms with Gasteiger partial charge in [0.1, 0.15) is 5.82 Å². The molecule has 1 aromatic carbocycles. The molecule has 0 spiro atoms. The summed E-state index contributed by atoms with van der Waals surface area (Å²) in [6.07, 6.45) is 3.02. The van der Waals surface area contributed by atoms with Crippen molar-refractivity contribution in [2.45, 2.75) is 64.5 Å². The fourth-order valence-electron chi connectivity index (χ4n) is 4.04. The first kappa shape index (κ1) is 19.1. The molecule has 28 heavy (non-hydrogen) atoms. The van der Waals surface area contributed by atoms with Crippen molar-refractivity contribution in [1.82, 2.24) is 14.5 Å². The number of hydrogen-bond donors (Lipinski definition) is 1. The molecule has 0 radical (unpaired) electrons. The van der Waals surface area contributed by atoms with Crippen molar-refractivity contribution in [1.29, 1.82) is 0 Å². The average Bonchev–Trinajstić information content (AvgIpc) is 3.48. The van der Waals surface area contributed by atoms with Crippen molar-refractivity contribution in [2.75, 3.05) is 13.1 Å². The Bertz CT molecular complexity index is 961. The zero-order valence-corrected chi connectivity index (χ0v) is 16.9. The third-order valence-corrected chi connectivity index (χ3v) is 5.91. The van der Waals surface area contributed by atoms with Crippen LogP contribution < -0.4 is 5.56 Å². The molecule has 1 aliphatic carbocycles. The Labute approximate surface area is 165 Å². The van der Waals surface area contributed by atoms with Crippen LogP contribution in [0, 0.1) is 5.41 Å². The highest BCUT2D eigenvalue weighted by molar-refractivity contribution is 5.81. The van der Waals surface area contributed by atoms with E-state index in [1.165, 1.54) is 0 Å². The highest BCUT2D eigenvalue weighted by Crippen LogP contribution is 2.39. The number of likely N-dealkylation sites (tertiary alicyclic amines) is 1. The lowest BCUT2D eigenvalue weighted by molar-refractivity contribution is -0.144. The molecule has 1 saturated heterocycles. The Kier molecular flexibility index (Phi) is 4.57. The van der Waals surface area contributed by atoms with Gasteiger partial charge in [0.25, 0.3) is 5.56 Å². The summed E-state index contributed by atoms with van der Waals surface area (Å²) < 4.78 is 1.70. The van der Waals surface area contributed by atoms with Gasteiger partial charge in [0.2, 0.25) is 5.91 Å². The van der Waals surface area contributed by atoms with Crippen LogP contribution in [0.15, 0.2) is 29.1 Å². The number of para-hydroxylation sites is 1. The normalized spacial score (nSPS) is 19.8. The molecule has 2 aromatic rings. The van der Waals surface area contributed by atoms with Gasteiger partial charge in [-0.1, -0.05) is 32.9 Å². The molecular weight excluding hydrogens is 354 g/mol. The van der Waals surface area contributed by atoms with Gasteiger partial charge in [-0.25, -0.2) is 4.98 Å². The molecule has 1 aromatic heterocycles. The lowest BCUT2D eigenvalue weighted by atomic mass is 9.88. The van der Waals surface area contributed by atoms with Gasteiger partial charge in [-0.2, -0.15) is 0 Å². The minimum absolute atomic E-state index is 0.0749. The minimum Gasteiger partial charge on any atom is -0.388 e. The van der Waals surface area contributed by atoms with E-state index in [2.05, 4.69) is 0 Å². The van der Waals surface area contributed by atoms with E-state index in [1.54, 1.807) is 10.6 Å². The SMILES string of the molecule is CC(C)(C)C(=O)N1CCC(O)(Cn2c(C3CC3)nc3ccccc3c2=O)CC1. The molecule has 1 saturated carbocycles. The maximum atomic E-state index is 13.1. The van der Waals surface area contributed by atoms with Crippen LogP contribution >= 0.6 is 0 Å². The summed E-state index contributed by atoms with van der Waals surface area (Å²) in [6, 6.07) is 7.41. The lowest BCUT2D eigenvalue weighted by Gasteiger charge is -2.40. The number of fused-ring (bicyclic) bond motifs is 1. The van der Waals surface area contributed by atoms with E-state index >= 15 is 0 Å². The molecule has 1 aliphatic heterocycles. The number of carbonyl (C=O) groups excluding carboxylic acids is 1. The van der Waals surface area contributed by atoms with E-state index in [0.717, 1.165) is 24.2 Å². The van der Waals surface area contributed by atoms with Crippen LogP contribution in [0.2, 0.25) is 0 Å². The summed E-state index contributed by atoms with van der Waals surface area (Å²) in [6.45, 7) is 7.02. The Hall–Kier alpha value is -2.21. The van der Waals surface area contributed by atoms with Crippen molar-refractivity contribution in [3.05, 3.63) is 40.4 Å². The van der Waals surface area contributed by atoms with E-state index in [0.29, 0.717) is 37.2 Å². The van der Waals surface area contributed by atoms with Crippen molar-refractivity contribution in [3.63, 3.8) is 0 Å². The lowest BCUT2D eigenvalue weighted by Crippen LogP contribution is -2.52. The summed E-state index contributed by atoms with van der Waals surface area (Å²) >= 11 is 0. The van der Waals surface area contributed by atoms with E-state index in [4.69, 9.17) is 4.98 Å². The van der Waals surface area contributed by atoms with Gasteiger partial charge in [-0.3, -0.25) is 14.2 Å². The Morgan fingerprint density at radius 3 is 2.46 bits per heavy atom. The number of amides is 1. The van der Waals surface area contributed by atoms with E-state index in [9.17, 15) is 14.7 Å². The third kappa shape index (κ3) is 3.58. The molecule has 6 heteroatoms. The number of piperidine rings is 1. The highest BCUT2D eigenvalue weighted by Gasteiger charge is 2.39. The van der Waals surface area contributed by atoms with Gasteiger partial charge in [-0.15, -0.1) is 0 Å². The number of aliphatic hydroxyl groups is 1. The standard InChI is InChI=1S/C22H29N3O3/c1-21(2,3)20(27)24-12-10-22(28,11-13-24)14-25-18(15-8-9-15)23-17-7-5-4-6-16(17)19(25)26/h4-7,15,28H,8-14H2,1-3H3. The number of hydrogen-bond acceptors (Lipinski definition) is 4. The molecular formula is C22H29N3O3. The van der Waals surface area contributed by atoms with Crippen LogP contribution in [0.4, 0.5) is 0 Å². The van der Waals surface area contributed by atoms with Crippen LogP contribution in [0.3, 0.4) is 0 Å². The Morgan fingerprint density at radius 2 is 1.86 bits per heavy atom. The second-order valence-electron chi connectivity index (χ2n) is 9.42. The fourth-order valence-corrected chi connectivity index (χ4v) is 4.04. The molecule has 0 unspecified atom stereocenters. The molecule has 2 aliphatic rings. The predicted octanol–water partition coefficient (Wildman–Crippen LogP) is 2.67. The topological polar surface area (TPSA) is 75.4 Å². The maximum absolute atomic E-state index is 13.1. The van der Waals surface area contributed by atoms with Gasteiger partial charge in [0, 0.05) is 24.4 Å². The van der Waals surface area contributed by atoms with Crippen LogP contribution in [0.1, 0.15) is 58.2 Å². The van der Waals surface area contributed by atoms with Crippen molar-refractivity contribution < 1.29 is 9.90 Å². The van der Waals surface area contributed by atoms with Gasteiger partial charge in [0.05, 0.1) is 23.0 Å². The Balaban J connectivity index is 1.60. The molecule has 1 amide bonds. The van der Waals surface area contributed by atoms with Gasteiger partial charge >= 0.3 is 0 Å². The highest BCUT2D eigenvalue weighted by atomic mass is 16.3. The molecule has 0 atom stereocenters. The maximum Gasteiger partial charge on any atom is 0.261 e. The van der Waals surface area contributed by atoms with Crippen LogP contribution in [0.25, 0.3) is 10.9 Å². The summed E-state index contributed by atoms with van der Waals surface area (Å²) in [5.41, 5.74) is -0.766. The number of benzene rings is 1. The number of nitrogens with zero attached hydrogens (tertiary/aromatic N) is 3. The second kappa shape index (κ2) is 6.69. The van der Waals surface area contributed by atoms with E-state index < -0.39 is 11.0 Å². The largest absolute Gasteiger partial charge is 0.388 e. The summed E-state index contributed by atoms with van der Waals surface area (Å²) in [5, 5.41) is 11.8. The number of rotatable bonds is 3. The second-order valence-corrected chi connectivity index (χ2v) is 9.42. The van der Waals surface area contributed by atoms with Crippen molar-refractivity contribution in [3.8, 4) is 0 Å². The molecule has 1 N–H and O–H groups in total. The van der Waals surface area contributed by atoms with Crippen LogP contribution in [-0.4, -0.2) is 44.2 Å². The minimum atomic E-state index is -0.994. The zero-order valence-electron chi connectivity index (χ0n) is 16.9. The smallest absolute Gasteiger partial charge is 0.261 e. The van der Waals surface area contributed by atoms with Crippen molar-refractivity contribution in [2.24, 2.45) is 5.41 Å². The molecule has 2 heterocycles. The van der Waals surface area contributed by atoms with E-state index in [1.807, 2.05) is 43.9 Å². The van der Waals surface area contributed by atoms with Gasteiger partial charge in [0.15, 0.2) is 0 Å². The third-order valence-electron chi connectivity index (χ3n) is 5.91. The zero-order chi connectivity index (χ0) is 20.1. The van der Waals surface area contributed by atoms with Crippen LogP contribution in [-0.2, 0) is 11.3 Å². The average molecular weight is 383 g/mol. The first-order chi connectivity index (χ1) is 13.2. The Morgan fingerprint density at radius 1 is 1.21 bits per heavy atom. The first-order valence-electron chi connectivity index (χ1n) is 10.2. The van der Waals surface area contributed by atoms with Gasteiger partial charge < -0.3 is 10.0 Å². The van der Waals surface area contributed by atoms with E-state index in [-0.39, 0.29) is 18.0 Å². The quantitative estimate of drug-likeness (QED) is 0.884. The molecule has 150 valence electrons. The number of carbonyl (C=O) groups is 1. The van der Waals surface area contributed by atoms with Crippen LogP contribution in [0.5, 0.6) is 0 Å². The molecule has 4 rings (SSSR count). The van der Waals surface area contributed by atoms with Crippen molar-refractivity contribution >= 4 is 16.8 Å². The fraction of sp³-hybridized carbons (Fsp3) is 0.591.